The zero-order valence-electron chi connectivity index (χ0n) is 17.8. The molecule has 0 unspecified atom stereocenters. The molecule has 5 rings (SSSR count). The van der Waals surface area contributed by atoms with E-state index in [2.05, 4.69) is 30.4 Å². The number of fused-ring (bicyclic) bond motifs is 1. The molecule has 1 aliphatic carbocycles. The summed E-state index contributed by atoms with van der Waals surface area (Å²) in [4.78, 5) is 17.7. The van der Waals surface area contributed by atoms with Crippen molar-refractivity contribution < 1.29 is 14.3 Å². The van der Waals surface area contributed by atoms with Gasteiger partial charge in [0.25, 0.3) is 0 Å². The lowest BCUT2D eigenvalue weighted by molar-refractivity contribution is -0.116. The molecule has 1 aromatic heterocycles. The number of nitrogens with zero attached hydrogens (tertiary/aromatic N) is 3. The Balaban J connectivity index is 1.65. The Bertz CT molecular complexity index is 1210. The van der Waals surface area contributed by atoms with Crippen molar-refractivity contribution in [3.63, 3.8) is 0 Å². The van der Waals surface area contributed by atoms with Crippen molar-refractivity contribution in [2.24, 2.45) is 0 Å². The number of carbonyl (C=O) groups is 1. The number of ether oxygens (including phenoxy) is 2. The zero-order chi connectivity index (χ0) is 21.5. The number of rotatable bonds is 4. The highest BCUT2D eigenvalue weighted by molar-refractivity contribution is 5.99. The van der Waals surface area contributed by atoms with Crippen LogP contribution in [0.1, 0.15) is 36.4 Å². The zero-order valence-corrected chi connectivity index (χ0v) is 17.8. The maximum Gasteiger partial charge on any atom is 0.226 e. The van der Waals surface area contributed by atoms with Gasteiger partial charge in [0.2, 0.25) is 5.95 Å². The first kappa shape index (κ1) is 19.4. The molecule has 3 aromatic rings. The van der Waals surface area contributed by atoms with Crippen molar-refractivity contribution in [1.29, 1.82) is 0 Å². The number of hydrogen-bond acceptors (Lipinski definition) is 6. The van der Waals surface area contributed by atoms with Gasteiger partial charge in [-0.2, -0.15) is 4.98 Å². The number of nitrogens with one attached hydrogen (secondary N) is 1. The van der Waals surface area contributed by atoms with E-state index in [9.17, 15) is 4.79 Å². The topological polar surface area (TPSA) is 78.3 Å². The summed E-state index contributed by atoms with van der Waals surface area (Å²) in [6, 6.07) is 13.6. The molecular weight excluding hydrogens is 392 g/mol. The lowest BCUT2D eigenvalue weighted by Crippen LogP contribution is -2.31. The highest BCUT2D eigenvalue weighted by Gasteiger charge is 2.37. The Morgan fingerprint density at radius 2 is 1.90 bits per heavy atom. The van der Waals surface area contributed by atoms with E-state index >= 15 is 0 Å². The number of ketones is 1. The number of benzene rings is 2. The largest absolute Gasteiger partial charge is 0.493 e. The minimum absolute atomic E-state index is 0.175. The molecule has 7 heteroatoms. The summed E-state index contributed by atoms with van der Waals surface area (Å²) in [7, 11) is 3.21. The molecule has 2 aromatic carbocycles. The monoisotopic (exact) mass is 416 g/mol. The normalized spacial score (nSPS) is 17.6. The van der Waals surface area contributed by atoms with Gasteiger partial charge in [-0.1, -0.05) is 29.8 Å². The van der Waals surface area contributed by atoms with Crippen LogP contribution < -0.4 is 14.8 Å². The molecule has 0 fully saturated rings. The van der Waals surface area contributed by atoms with Gasteiger partial charge in [-0.3, -0.25) is 4.79 Å². The van der Waals surface area contributed by atoms with Crippen LogP contribution in [0.3, 0.4) is 0 Å². The Hall–Kier alpha value is -3.61. The van der Waals surface area contributed by atoms with E-state index in [1.54, 1.807) is 14.2 Å². The van der Waals surface area contributed by atoms with Crippen LogP contribution in [-0.4, -0.2) is 34.8 Å². The van der Waals surface area contributed by atoms with Crippen LogP contribution in [0.15, 0.2) is 53.7 Å². The van der Waals surface area contributed by atoms with Crippen molar-refractivity contribution >= 4 is 11.7 Å². The van der Waals surface area contributed by atoms with Crippen LogP contribution >= 0.6 is 0 Å². The molecule has 0 radical (unpaired) electrons. The number of hydrogen-bond donors (Lipinski definition) is 1. The van der Waals surface area contributed by atoms with Gasteiger partial charge in [0, 0.05) is 23.3 Å². The van der Waals surface area contributed by atoms with Gasteiger partial charge in [-0.05, 0) is 43.5 Å². The SMILES string of the molecule is COc1ccc(-c2nc3n(n2)[C@H](c2cccc(C)c2)C2=C(CCCC2=O)N3)cc1OC. The lowest BCUT2D eigenvalue weighted by atomic mass is 9.85. The fourth-order valence-electron chi connectivity index (χ4n) is 4.40. The molecule has 2 aliphatic rings. The minimum Gasteiger partial charge on any atom is -0.493 e. The number of Topliss-reactive ketones (excluding diaryl/α,β-unsaturated/α-hetero) is 1. The van der Waals surface area contributed by atoms with Gasteiger partial charge >= 0.3 is 0 Å². The molecule has 2 heterocycles. The van der Waals surface area contributed by atoms with E-state index in [1.165, 1.54) is 0 Å². The molecule has 31 heavy (non-hydrogen) atoms. The maximum atomic E-state index is 12.9. The summed E-state index contributed by atoms with van der Waals surface area (Å²) >= 11 is 0. The molecule has 1 aliphatic heterocycles. The van der Waals surface area contributed by atoms with E-state index in [1.807, 2.05) is 28.9 Å². The number of allylic oxidation sites excluding steroid dienone is 2. The average Bonchev–Trinajstić information content (AvgIpc) is 3.21. The van der Waals surface area contributed by atoms with Crippen molar-refractivity contribution in [2.75, 3.05) is 19.5 Å². The number of carbonyl (C=O) groups excluding carboxylic acids is 1. The highest BCUT2D eigenvalue weighted by Crippen LogP contribution is 2.41. The van der Waals surface area contributed by atoms with E-state index in [0.29, 0.717) is 29.7 Å². The van der Waals surface area contributed by atoms with Crippen molar-refractivity contribution in [3.05, 3.63) is 64.9 Å². The summed E-state index contributed by atoms with van der Waals surface area (Å²) in [5, 5.41) is 8.20. The second-order valence-corrected chi connectivity index (χ2v) is 7.88. The predicted octanol–water partition coefficient (Wildman–Crippen LogP) is 4.29. The third kappa shape index (κ3) is 3.26. The molecule has 0 saturated heterocycles. The summed E-state index contributed by atoms with van der Waals surface area (Å²) in [6.07, 6.45) is 2.25. The third-order valence-electron chi connectivity index (χ3n) is 5.87. The second kappa shape index (κ2) is 7.58. The first-order valence-corrected chi connectivity index (χ1v) is 10.4. The van der Waals surface area contributed by atoms with Crippen molar-refractivity contribution in [3.8, 4) is 22.9 Å². The molecule has 7 nitrogen and oxygen atoms in total. The van der Waals surface area contributed by atoms with Gasteiger partial charge in [-0.15, -0.1) is 5.10 Å². The van der Waals surface area contributed by atoms with Gasteiger partial charge in [0.05, 0.1) is 14.2 Å². The quantitative estimate of drug-likeness (QED) is 0.684. The van der Waals surface area contributed by atoms with Gasteiger partial charge < -0.3 is 14.8 Å². The third-order valence-corrected chi connectivity index (χ3v) is 5.87. The fourth-order valence-corrected chi connectivity index (χ4v) is 4.40. The van der Waals surface area contributed by atoms with Gasteiger partial charge in [0.15, 0.2) is 23.1 Å². The predicted molar refractivity (Wildman–Crippen MR) is 117 cm³/mol. The van der Waals surface area contributed by atoms with Crippen molar-refractivity contribution in [2.45, 2.75) is 32.2 Å². The number of aromatic nitrogens is 3. The Morgan fingerprint density at radius 1 is 1.06 bits per heavy atom. The Labute approximate surface area is 180 Å². The van der Waals surface area contributed by atoms with Crippen LogP contribution in [0, 0.1) is 6.92 Å². The molecule has 0 spiro atoms. The summed E-state index contributed by atoms with van der Waals surface area (Å²) in [6.45, 7) is 2.06. The van der Waals surface area contributed by atoms with E-state index in [0.717, 1.165) is 40.8 Å². The van der Waals surface area contributed by atoms with E-state index < -0.39 is 0 Å². The summed E-state index contributed by atoms with van der Waals surface area (Å²) in [5.74, 6) is 2.64. The van der Waals surface area contributed by atoms with Crippen LogP contribution in [0.5, 0.6) is 11.5 Å². The first-order valence-electron chi connectivity index (χ1n) is 10.4. The first-order chi connectivity index (χ1) is 15.1. The summed E-state index contributed by atoms with van der Waals surface area (Å²) in [5.41, 5.74) is 4.75. The average molecular weight is 416 g/mol. The molecular formula is C24H24N4O3. The number of methoxy groups -OCH3 is 2. The lowest BCUT2D eigenvalue weighted by Gasteiger charge is -2.32. The highest BCUT2D eigenvalue weighted by atomic mass is 16.5. The Kier molecular flexibility index (Phi) is 4.73. The Morgan fingerprint density at radius 3 is 2.68 bits per heavy atom. The second-order valence-electron chi connectivity index (χ2n) is 7.88. The van der Waals surface area contributed by atoms with Crippen LogP contribution in [-0.2, 0) is 4.79 Å². The minimum atomic E-state index is -0.291. The van der Waals surface area contributed by atoms with Crippen LogP contribution in [0.4, 0.5) is 5.95 Å². The van der Waals surface area contributed by atoms with Gasteiger partial charge in [0.1, 0.15) is 6.04 Å². The summed E-state index contributed by atoms with van der Waals surface area (Å²) < 4.78 is 12.6. The van der Waals surface area contributed by atoms with Crippen LogP contribution in [0.25, 0.3) is 11.4 Å². The van der Waals surface area contributed by atoms with Crippen LogP contribution in [0.2, 0.25) is 0 Å². The smallest absolute Gasteiger partial charge is 0.226 e. The molecule has 0 bridgehead atoms. The molecule has 1 atom stereocenters. The van der Waals surface area contributed by atoms with Crippen molar-refractivity contribution in [1.82, 2.24) is 14.8 Å². The molecule has 1 N–H and O–H groups in total. The standard InChI is InChI=1S/C24H24N4O3/c1-14-6-4-7-15(12-14)22-21-17(8-5-9-18(21)29)25-24-26-23(27-28(22)24)16-10-11-19(30-2)20(13-16)31-3/h4,6-7,10-13,22H,5,8-9H2,1-3H3,(H,25,26,27)/t22-/m1/s1. The maximum absolute atomic E-state index is 12.9. The molecule has 0 saturated carbocycles. The number of aryl methyl sites for hydroxylation is 1. The van der Waals surface area contributed by atoms with E-state index in [4.69, 9.17) is 19.6 Å². The molecule has 158 valence electrons. The molecule has 0 amide bonds. The fraction of sp³-hybridized carbons (Fsp3) is 0.292. The van der Waals surface area contributed by atoms with E-state index in [-0.39, 0.29) is 11.8 Å². The number of anilines is 1. The van der Waals surface area contributed by atoms with Gasteiger partial charge in [-0.25, -0.2) is 4.68 Å².